The highest BCUT2D eigenvalue weighted by molar-refractivity contribution is 5.93. The minimum atomic E-state index is -0.0820. The number of likely N-dealkylation sites (N-methyl/N-ethyl adjacent to an activating group) is 1. The third-order valence-corrected chi connectivity index (χ3v) is 5.00. The summed E-state index contributed by atoms with van der Waals surface area (Å²) < 4.78 is 1.71. The fourth-order valence-corrected chi connectivity index (χ4v) is 3.28. The van der Waals surface area contributed by atoms with Gasteiger partial charge in [-0.3, -0.25) is 10.2 Å². The molecule has 0 bridgehead atoms. The molecule has 1 fully saturated rings. The van der Waals surface area contributed by atoms with E-state index in [1.165, 1.54) is 5.56 Å². The molecule has 3 rings (SSSR count). The Kier molecular flexibility index (Phi) is 4.88. The molecule has 6 heteroatoms. The number of nitriles is 1. The van der Waals surface area contributed by atoms with Crippen molar-refractivity contribution in [1.29, 1.82) is 5.26 Å². The minimum absolute atomic E-state index is 0.00847. The van der Waals surface area contributed by atoms with Crippen molar-refractivity contribution in [2.24, 2.45) is 7.05 Å². The zero-order chi connectivity index (χ0) is 18.0. The zero-order valence-corrected chi connectivity index (χ0v) is 14.7. The largest absolute Gasteiger partial charge is 0.345 e. The number of amides is 1. The van der Waals surface area contributed by atoms with Crippen molar-refractivity contribution in [3.05, 3.63) is 59.4 Å². The third-order valence-electron chi connectivity index (χ3n) is 5.00. The summed E-state index contributed by atoms with van der Waals surface area (Å²) in [5, 5.41) is 9.01. The van der Waals surface area contributed by atoms with Gasteiger partial charge in [-0.1, -0.05) is 30.3 Å². The molecule has 1 aromatic heterocycles. The molecule has 3 unspecified atom stereocenters. The number of aromatic nitrogens is 1. The van der Waals surface area contributed by atoms with E-state index in [0.29, 0.717) is 11.3 Å². The standard InChI is InChI=1S/C19H23N5O/c1-13(16-10-17(22-21-16)15-7-5-4-6-8-15)24(3)19(25)18-9-14(11-20)12-23(18)2/h4-9,12-13,16-17,21-22H,10H2,1-3H3. The molecule has 0 aliphatic carbocycles. The van der Waals surface area contributed by atoms with Crippen LogP contribution in [0.4, 0.5) is 0 Å². The van der Waals surface area contributed by atoms with Crippen molar-refractivity contribution >= 4 is 5.91 Å². The lowest BCUT2D eigenvalue weighted by atomic mass is 9.98. The molecule has 25 heavy (non-hydrogen) atoms. The number of benzene rings is 1. The van der Waals surface area contributed by atoms with Crippen LogP contribution in [0.15, 0.2) is 42.6 Å². The van der Waals surface area contributed by atoms with Gasteiger partial charge in [0.1, 0.15) is 11.8 Å². The number of rotatable bonds is 4. The summed E-state index contributed by atoms with van der Waals surface area (Å²) in [6.45, 7) is 2.04. The normalized spacial score (nSPS) is 20.9. The molecular formula is C19H23N5O. The lowest BCUT2D eigenvalue weighted by Gasteiger charge is -2.29. The minimum Gasteiger partial charge on any atom is -0.345 e. The first-order chi connectivity index (χ1) is 12.0. The molecule has 0 saturated carbocycles. The van der Waals surface area contributed by atoms with Crippen LogP contribution in [0, 0.1) is 11.3 Å². The van der Waals surface area contributed by atoms with Gasteiger partial charge in [0, 0.05) is 38.4 Å². The van der Waals surface area contributed by atoms with Gasteiger partial charge >= 0.3 is 0 Å². The van der Waals surface area contributed by atoms with E-state index >= 15 is 0 Å². The SMILES string of the molecule is CC(C1CC(c2ccccc2)NN1)N(C)C(=O)c1cc(C#N)cn1C. The highest BCUT2D eigenvalue weighted by Crippen LogP contribution is 2.25. The van der Waals surface area contributed by atoms with Crippen LogP contribution < -0.4 is 10.9 Å². The number of hydrogen-bond donors (Lipinski definition) is 2. The van der Waals surface area contributed by atoms with Crippen LogP contribution in [0.5, 0.6) is 0 Å². The highest BCUT2D eigenvalue weighted by Gasteiger charge is 2.33. The van der Waals surface area contributed by atoms with Gasteiger partial charge in [-0.05, 0) is 25.0 Å². The molecule has 1 saturated heterocycles. The molecule has 2 aromatic rings. The van der Waals surface area contributed by atoms with E-state index < -0.39 is 0 Å². The van der Waals surface area contributed by atoms with E-state index in [9.17, 15) is 4.79 Å². The van der Waals surface area contributed by atoms with Crippen molar-refractivity contribution in [2.75, 3.05) is 7.05 Å². The lowest BCUT2D eigenvalue weighted by molar-refractivity contribution is 0.0705. The number of nitrogens with one attached hydrogen (secondary N) is 2. The van der Waals surface area contributed by atoms with Crippen LogP contribution in [0.2, 0.25) is 0 Å². The highest BCUT2D eigenvalue weighted by atomic mass is 16.2. The number of nitrogens with zero attached hydrogens (tertiary/aromatic N) is 3. The summed E-state index contributed by atoms with van der Waals surface area (Å²) in [6, 6.07) is 14.4. The van der Waals surface area contributed by atoms with Gasteiger partial charge in [0.2, 0.25) is 0 Å². The van der Waals surface area contributed by atoms with Gasteiger partial charge in [0.05, 0.1) is 5.56 Å². The molecule has 1 aromatic carbocycles. The van der Waals surface area contributed by atoms with E-state index in [2.05, 4.69) is 29.1 Å². The van der Waals surface area contributed by atoms with Crippen LogP contribution in [0.3, 0.4) is 0 Å². The van der Waals surface area contributed by atoms with E-state index in [-0.39, 0.29) is 24.0 Å². The summed E-state index contributed by atoms with van der Waals surface area (Å²) in [5.74, 6) is -0.0820. The maximum atomic E-state index is 12.8. The second kappa shape index (κ2) is 7.09. The topological polar surface area (TPSA) is 73.1 Å². The Hall–Kier alpha value is -2.62. The summed E-state index contributed by atoms with van der Waals surface area (Å²) in [4.78, 5) is 14.5. The van der Waals surface area contributed by atoms with Crippen LogP contribution in [-0.2, 0) is 7.05 Å². The van der Waals surface area contributed by atoms with Gasteiger partial charge in [-0.2, -0.15) is 5.26 Å². The molecule has 1 aliphatic rings. The van der Waals surface area contributed by atoms with E-state index in [1.54, 1.807) is 28.8 Å². The second-order valence-corrected chi connectivity index (χ2v) is 6.59. The Morgan fingerprint density at radius 2 is 2.08 bits per heavy atom. The molecule has 2 heterocycles. The summed E-state index contributed by atoms with van der Waals surface area (Å²) >= 11 is 0. The summed E-state index contributed by atoms with van der Waals surface area (Å²) in [7, 11) is 3.59. The van der Waals surface area contributed by atoms with Crippen LogP contribution in [0.25, 0.3) is 0 Å². The summed E-state index contributed by atoms with van der Waals surface area (Å²) in [6.07, 6.45) is 2.58. The number of carbonyl (C=O) groups is 1. The van der Waals surface area contributed by atoms with E-state index in [4.69, 9.17) is 5.26 Å². The van der Waals surface area contributed by atoms with Gasteiger partial charge in [-0.25, -0.2) is 5.43 Å². The monoisotopic (exact) mass is 337 g/mol. The fraction of sp³-hybridized carbons (Fsp3) is 0.368. The molecule has 0 spiro atoms. The van der Waals surface area contributed by atoms with Gasteiger partial charge in [0.15, 0.2) is 0 Å². The first kappa shape index (κ1) is 17.2. The van der Waals surface area contributed by atoms with Gasteiger partial charge < -0.3 is 9.47 Å². The first-order valence-corrected chi connectivity index (χ1v) is 8.41. The number of hydrogen-bond acceptors (Lipinski definition) is 4. The van der Waals surface area contributed by atoms with Crippen molar-refractivity contribution in [3.63, 3.8) is 0 Å². The smallest absolute Gasteiger partial charge is 0.270 e. The maximum Gasteiger partial charge on any atom is 0.270 e. The number of aryl methyl sites for hydroxylation is 1. The average Bonchev–Trinajstić information content (AvgIpc) is 3.27. The molecule has 1 amide bonds. The molecule has 6 nitrogen and oxygen atoms in total. The van der Waals surface area contributed by atoms with Crippen LogP contribution >= 0.6 is 0 Å². The third kappa shape index (κ3) is 3.43. The maximum absolute atomic E-state index is 12.8. The van der Waals surface area contributed by atoms with Gasteiger partial charge in [0.25, 0.3) is 5.91 Å². The number of hydrazine groups is 1. The molecule has 3 atom stereocenters. The predicted molar refractivity (Wildman–Crippen MR) is 95.5 cm³/mol. The Labute approximate surface area is 148 Å². The molecule has 1 aliphatic heterocycles. The van der Waals surface area contributed by atoms with Crippen molar-refractivity contribution < 1.29 is 4.79 Å². The van der Waals surface area contributed by atoms with Crippen molar-refractivity contribution in [1.82, 2.24) is 20.3 Å². The molecular weight excluding hydrogens is 314 g/mol. The fourth-order valence-electron chi connectivity index (χ4n) is 3.28. The van der Waals surface area contributed by atoms with Crippen molar-refractivity contribution in [3.8, 4) is 6.07 Å². The van der Waals surface area contributed by atoms with E-state index in [0.717, 1.165) is 6.42 Å². The average molecular weight is 337 g/mol. The second-order valence-electron chi connectivity index (χ2n) is 6.59. The van der Waals surface area contributed by atoms with Gasteiger partial charge in [-0.15, -0.1) is 0 Å². The Morgan fingerprint density at radius 1 is 1.36 bits per heavy atom. The van der Waals surface area contributed by atoms with Crippen molar-refractivity contribution in [2.45, 2.75) is 31.5 Å². The Bertz CT molecular complexity index is 792. The first-order valence-electron chi connectivity index (χ1n) is 8.41. The number of carbonyl (C=O) groups excluding carboxylic acids is 1. The summed E-state index contributed by atoms with van der Waals surface area (Å²) in [5.41, 5.74) is 8.90. The molecule has 130 valence electrons. The Balaban J connectivity index is 1.68. The quantitative estimate of drug-likeness (QED) is 0.895. The van der Waals surface area contributed by atoms with E-state index in [1.807, 2.05) is 32.2 Å². The Morgan fingerprint density at radius 3 is 2.72 bits per heavy atom. The van der Waals surface area contributed by atoms with Crippen LogP contribution in [0.1, 0.15) is 41.0 Å². The predicted octanol–water partition coefficient (Wildman–Crippen LogP) is 1.97. The zero-order valence-electron chi connectivity index (χ0n) is 14.7. The van der Waals surface area contributed by atoms with Crippen LogP contribution in [-0.4, -0.2) is 34.5 Å². The molecule has 0 radical (unpaired) electrons. The molecule has 2 N–H and O–H groups in total. The lowest BCUT2D eigenvalue weighted by Crippen LogP contribution is -2.48.